The molecule has 0 saturated heterocycles. The van der Waals surface area contributed by atoms with E-state index in [-0.39, 0.29) is 0 Å². The number of hydrogen-bond donors (Lipinski definition) is 1. The highest BCUT2D eigenvalue weighted by molar-refractivity contribution is 5.38. The van der Waals surface area contributed by atoms with Crippen molar-refractivity contribution in [1.82, 2.24) is 9.97 Å². The highest BCUT2D eigenvalue weighted by atomic mass is 15.0. The molecule has 0 spiro atoms. The van der Waals surface area contributed by atoms with Crippen molar-refractivity contribution in [2.45, 2.75) is 52.5 Å². The van der Waals surface area contributed by atoms with Crippen LogP contribution in [-0.2, 0) is 0 Å². The van der Waals surface area contributed by atoms with Gasteiger partial charge in [0.25, 0.3) is 0 Å². The number of rotatable bonds is 2. The van der Waals surface area contributed by atoms with Crippen LogP contribution in [0.25, 0.3) is 0 Å². The average Bonchev–Trinajstić information content (AvgIpc) is 2.30. The molecule has 0 bridgehead atoms. The Kier molecular flexibility index (Phi) is 3.65. The molecule has 0 radical (unpaired) electrons. The molecule has 2 atom stereocenters. The maximum Gasteiger partial charge on any atom is 0.115 e. The molecule has 0 amide bonds. The summed E-state index contributed by atoms with van der Waals surface area (Å²) in [6.07, 6.45) is 10.6. The van der Waals surface area contributed by atoms with Crippen molar-refractivity contribution in [3.05, 3.63) is 18.7 Å². The Hall–Kier alpha value is -1.12. The zero-order valence-corrected chi connectivity index (χ0v) is 11.1. The topological polar surface area (TPSA) is 37.8 Å². The van der Waals surface area contributed by atoms with Crippen molar-refractivity contribution in [3.63, 3.8) is 0 Å². The molecule has 1 saturated carbocycles. The molecular formula is C14H23N3. The molecule has 0 aromatic carbocycles. The van der Waals surface area contributed by atoms with Crippen LogP contribution in [-0.4, -0.2) is 16.0 Å². The van der Waals surface area contributed by atoms with Gasteiger partial charge in [-0.15, -0.1) is 0 Å². The molecule has 1 aromatic heterocycles. The second kappa shape index (κ2) is 5.03. The summed E-state index contributed by atoms with van der Waals surface area (Å²) in [4.78, 5) is 8.13. The molecule has 1 N–H and O–H groups in total. The third kappa shape index (κ3) is 3.18. The van der Waals surface area contributed by atoms with Gasteiger partial charge in [0.05, 0.1) is 18.1 Å². The summed E-state index contributed by atoms with van der Waals surface area (Å²) >= 11 is 0. The van der Waals surface area contributed by atoms with Gasteiger partial charge in [0.15, 0.2) is 0 Å². The molecule has 94 valence electrons. The van der Waals surface area contributed by atoms with E-state index >= 15 is 0 Å². The van der Waals surface area contributed by atoms with E-state index in [0.717, 1.165) is 11.6 Å². The Morgan fingerprint density at radius 1 is 1.12 bits per heavy atom. The van der Waals surface area contributed by atoms with E-state index in [1.54, 1.807) is 6.33 Å². The third-order valence-electron chi connectivity index (χ3n) is 3.79. The standard InChI is InChI=1S/C14H23N3/c1-14(2,3)12-6-4-5-7-13(12)17-11-8-15-10-16-9-11/h8-10,12-13,17H,4-7H2,1-3H3. The maximum atomic E-state index is 4.06. The smallest absolute Gasteiger partial charge is 0.115 e. The van der Waals surface area contributed by atoms with Crippen LogP contribution in [0, 0.1) is 11.3 Å². The van der Waals surface area contributed by atoms with Crippen LogP contribution in [0.1, 0.15) is 46.5 Å². The highest BCUT2D eigenvalue weighted by Crippen LogP contribution is 2.39. The van der Waals surface area contributed by atoms with Gasteiger partial charge in [-0.05, 0) is 24.2 Å². The van der Waals surface area contributed by atoms with E-state index in [2.05, 4.69) is 36.1 Å². The predicted molar refractivity (Wildman–Crippen MR) is 70.9 cm³/mol. The van der Waals surface area contributed by atoms with Gasteiger partial charge in [0, 0.05) is 6.04 Å². The maximum absolute atomic E-state index is 4.06. The first-order valence-corrected chi connectivity index (χ1v) is 6.59. The minimum absolute atomic E-state index is 0.369. The summed E-state index contributed by atoms with van der Waals surface area (Å²) < 4.78 is 0. The molecule has 1 aliphatic rings. The van der Waals surface area contributed by atoms with Gasteiger partial charge in [0.1, 0.15) is 6.33 Å². The number of anilines is 1. The van der Waals surface area contributed by atoms with Gasteiger partial charge in [-0.1, -0.05) is 33.6 Å². The van der Waals surface area contributed by atoms with Crippen LogP contribution in [0.15, 0.2) is 18.7 Å². The van der Waals surface area contributed by atoms with E-state index in [9.17, 15) is 0 Å². The van der Waals surface area contributed by atoms with Crippen LogP contribution < -0.4 is 5.32 Å². The quantitative estimate of drug-likeness (QED) is 0.849. The normalized spacial score (nSPS) is 25.6. The lowest BCUT2D eigenvalue weighted by molar-refractivity contribution is 0.163. The number of nitrogens with one attached hydrogen (secondary N) is 1. The molecule has 1 heterocycles. The monoisotopic (exact) mass is 233 g/mol. The molecule has 1 fully saturated rings. The summed E-state index contributed by atoms with van der Waals surface area (Å²) in [6.45, 7) is 7.04. The van der Waals surface area contributed by atoms with Crippen LogP contribution >= 0.6 is 0 Å². The Bertz CT molecular complexity index is 342. The van der Waals surface area contributed by atoms with Crippen LogP contribution in [0.4, 0.5) is 5.69 Å². The molecule has 17 heavy (non-hydrogen) atoms. The van der Waals surface area contributed by atoms with Gasteiger partial charge >= 0.3 is 0 Å². The lowest BCUT2D eigenvalue weighted by Crippen LogP contribution is -2.39. The van der Waals surface area contributed by atoms with Gasteiger partial charge in [-0.25, -0.2) is 9.97 Å². The summed E-state index contributed by atoms with van der Waals surface area (Å²) in [5.41, 5.74) is 1.42. The molecule has 3 nitrogen and oxygen atoms in total. The SMILES string of the molecule is CC(C)(C)C1CCCCC1Nc1cncnc1. The van der Waals surface area contributed by atoms with Crippen LogP contribution in [0.3, 0.4) is 0 Å². The Balaban J connectivity index is 2.07. The largest absolute Gasteiger partial charge is 0.380 e. The Morgan fingerprint density at radius 3 is 2.41 bits per heavy atom. The minimum atomic E-state index is 0.369. The molecule has 0 aliphatic heterocycles. The molecule has 1 aromatic rings. The summed E-state index contributed by atoms with van der Waals surface area (Å²) in [5.74, 6) is 0.733. The Morgan fingerprint density at radius 2 is 1.76 bits per heavy atom. The van der Waals surface area contributed by atoms with Crippen molar-refractivity contribution < 1.29 is 0 Å². The molecule has 3 heteroatoms. The van der Waals surface area contributed by atoms with Gasteiger partial charge < -0.3 is 5.32 Å². The number of hydrogen-bond acceptors (Lipinski definition) is 3. The van der Waals surface area contributed by atoms with Crippen LogP contribution in [0.2, 0.25) is 0 Å². The van der Waals surface area contributed by atoms with Gasteiger partial charge in [-0.3, -0.25) is 0 Å². The van der Waals surface area contributed by atoms with Gasteiger partial charge in [-0.2, -0.15) is 0 Å². The van der Waals surface area contributed by atoms with Crippen molar-refractivity contribution in [2.24, 2.45) is 11.3 Å². The lowest BCUT2D eigenvalue weighted by Gasteiger charge is -2.41. The minimum Gasteiger partial charge on any atom is -0.380 e. The van der Waals surface area contributed by atoms with E-state index < -0.39 is 0 Å². The summed E-state index contributed by atoms with van der Waals surface area (Å²) in [5, 5.41) is 3.61. The predicted octanol–water partition coefficient (Wildman–Crippen LogP) is 3.49. The fourth-order valence-electron chi connectivity index (χ4n) is 2.93. The van der Waals surface area contributed by atoms with E-state index in [4.69, 9.17) is 0 Å². The third-order valence-corrected chi connectivity index (χ3v) is 3.79. The van der Waals surface area contributed by atoms with Crippen molar-refractivity contribution >= 4 is 5.69 Å². The first-order chi connectivity index (χ1) is 8.07. The average molecular weight is 233 g/mol. The molecule has 2 unspecified atom stereocenters. The second-order valence-electron chi connectivity index (χ2n) is 6.13. The van der Waals surface area contributed by atoms with Crippen LogP contribution in [0.5, 0.6) is 0 Å². The Labute approximate surface area is 104 Å². The summed E-state index contributed by atoms with van der Waals surface area (Å²) in [7, 11) is 0. The van der Waals surface area contributed by atoms with E-state index in [0.29, 0.717) is 11.5 Å². The van der Waals surface area contributed by atoms with E-state index in [1.165, 1.54) is 25.7 Å². The highest BCUT2D eigenvalue weighted by Gasteiger charge is 2.33. The summed E-state index contributed by atoms with van der Waals surface area (Å²) in [6, 6.07) is 0.565. The lowest BCUT2D eigenvalue weighted by atomic mass is 9.69. The molecular weight excluding hydrogens is 210 g/mol. The zero-order valence-electron chi connectivity index (χ0n) is 11.1. The number of nitrogens with zero attached hydrogens (tertiary/aromatic N) is 2. The van der Waals surface area contributed by atoms with E-state index in [1.807, 2.05) is 12.4 Å². The molecule has 2 rings (SSSR count). The van der Waals surface area contributed by atoms with Crippen molar-refractivity contribution in [3.8, 4) is 0 Å². The fraction of sp³-hybridized carbons (Fsp3) is 0.714. The molecule has 1 aliphatic carbocycles. The zero-order chi connectivity index (χ0) is 12.3. The van der Waals surface area contributed by atoms with Crippen molar-refractivity contribution in [1.29, 1.82) is 0 Å². The fourth-order valence-corrected chi connectivity index (χ4v) is 2.93. The first-order valence-electron chi connectivity index (χ1n) is 6.59. The van der Waals surface area contributed by atoms with Crippen molar-refractivity contribution in [2.75, 3.05) is 5.32 Å². The second-order valence-corrected chi connectivity index (χ2v) is 6.13. The van der Waals surface area contributed by atoms with Gasteiger partial charge in [0.2, 0.25) is 0 Å². The number of aromatic nitrogens is 2. The first kappa shape index (κ1) is 12.3.